The Labute approximate surface area is 74.6 Å². The molecule has 0 aromatic rings. The standard InChI is InChI=1S/C7H14N2O2S/c1-6(8)7(10)9-2-4-12(11)5-3-9/h6H,2-5,8H2,1H3/t6-/m1/s1. The van der Waals surface area contributed by atoms with Crippen LogP contribution in [-0.4, -0.2) is 45.7 Å². The molecule has 5 heteroatoms. The summed E-state index contributed by atoms with van der Waals surface area (Å²) in [4.78, 5) is 13.0. The lowest BCUT2D eigenvalue weighted by Gasteiger charge is -2.27. The minimum absolute atomic E-state index is 0.0355. The van der Waals surface area contributed by atoms with E-state index in [0.29, 0.717) is 24.6 Å². The molecule has 1 aliphatic rings. The van der Waals surface area contributed by atoms with E-state index in [1.54, 1.807) is 11.8 Å². The summed E-state index contributed by atoms with van der Waals surface area (Å²) >= 11 is 0. The second-order valence-electron chi connectivity index (χ2n) is 2.96. The van der Waals surface area contributed by atoms with Crippen molar-refractivity contribution in [2.75, 3.05) is 24.6 Å². The lowest BCUT2D eigenvalue weighted by Crippen LogP contribution is -2.48. The maximum Gasteiger partial charge on any atom is 0.239 e. The lowest BCUT2D eigenvalue weighted by atomic mass is 10.3. The molecule has 1 rings (SSSR count). The number of amides is 1. The van der Waals surface area contributed by atoms with Gasteiger partial charge in [0.1, 0.15) is 0 Å². The van der Waals surface area contributed by atoms with Crippen molar-refractivity contribution in [1.29, 1.82) is 0 Å². The van der Waals surface area contributed by atoms with Gasteiger partial charge in [0.15, 0.2) is 0 Å². The fourth-order valence-electron chi connectivity index (χ4n) is 1.15. The molecule has 0 bridgehead atoms. The highest BCUT2D eigenvalue weighted by molar-refractivity contribution is 7.85. The van der Waals surface area contributed by atoms with Crippen LogP contribution in [0.2, 0.25) is 0 Å². The summed E-state index contributed by atoms with van der Waals surface area (Å²) in [6.07, 6.45) is 0. The normalized spacial score (nSPS) is 22.3. The molecule has 70 valence electrons. The molecule has 1 aliphatic heterocycles. The minimum Gasteiger partial charge on any atom is -0.340 e. The Morgan fingerprint density at radius 3 is 2.42 bits per heavy atom. The van der Waals surface area contributed by atoms with Gasteiger partial charge < -0.3 is 10.6 Å². The second-order valence-corrected chi connectivity index (χ2v) is 4.66. The predicted molar refractivity (Wildman–Crippen MR) is 48.1 cm³/mol. The number of hydrogen-bond acceptors (Lipinski definition) is 3. The SMILES string of the molecule is C[C@@H](N)C(=O)N1CCS(=O)CC1. The van der Waals surface area contributed by atoms with E-state index >= 15 is 0 Å². The maximum atomic E-state index is 11.3. The first kappa shape index (κ1) is 9.67. The molecule has 1 fully saturated rings. The van der Waals surface area contributed by atoms with Gasteiger partial charge in [-0.2, -0.15) is 0 Å². The zero-order chi connectivity index (χ0) is 9.14. The summed E-state index contributed by atoms with van der Waals surface area (Å²) in [5.74, 6) is 1.16. The quantitative estimate of drug-likeness (QED) is 0.572. The molecule has 1 heterocycles. The lowest BCUT2D eigenvalue weighted by molar-refractivity contribution is -0.131. The van der Waals surface area contributed by atoms with E-state index in [-0.39, 0.29) is 5.91 Å². The van der Waals surface area contributed by atoms with E-state index in [1.165, 1.54) is 0 Å². The zero-order valence-electron chi connectivity index (χ0n) is 7.16. The third-order valence-corrected chi connectivity index (χ3v) is 3.15. The van der Waals surface area contributed by atoms with Crippen LogP contribution in [-0.2, 0) is 15.6 Å². The third-order valence-electron chi connectivity index (χ3n) is 1.88. The highest BCUT2D eigenvalue weighted by Crippen LogP contribution is 2.01. The first-order valence-corrected chi connectivity index (χ1v) is 5.49. The van der Waals surface area contributed by atoms with Crippen molar-refractivity contribution in [2.45, 2.75) is 13.0 Å². The summed E-state index contributed by atoms with van der Waals surface area (Å²) in [6, 6.07) is -0.434. The van der Waals surface area contributed by atoms with Crippen molar-refractivity contribution < 1.29 is 9.00 Å². The number of carbonyl (C=O) groups excluding carboxylic acids is 1. The fraction of sp³-hybridized carbons (Fsp3) is 0.857. The molecule has 0 spiro atoms. The van der Waals surface area contributed by atoms with E-state index in [4.69, 9.17) is 5.73 Å². The molecule has 12 heavy (non-hydrogen) atoms. The Balaban J connectivity index is 2.44. The van der Waals surface area contributed by atoms with E-state index in [1.807, 2.05) is 0 Å². The second kappa shape index (κ2) is 4.00. The van der Waals surface area contributed by atoms with Crippen LogP contribution in [0, 0.1) is 0 Å². The predicted octanol–water partition coefficient (Wildman–Crippen LogP) is -1.08. The Bertz CT molecular complexity index is 196. The van der Waals surface area contributed by atoms with Gasteiger partial charge in [0.05, 0.1) is 6.04 Å². The molecule has 4 nitrogen and oxygen atoms in total. The molecule has 0 radical (unpaired) electrons. The minimum atomic E-state index is -0.725. The van der Waals surface area contributed by atoms with E-state index in [2.05, 4.69) is 0 Å². The highest BCUT2D eigenvalue weighted by Gasteiger charge is 2.21. The van der Waals surface area contributed by atoms with Gasteiger partial charge in [-0.15, -0.1) is 0 Å². The molecule has 0 saturated carbocycles. The van der Waals surface area contributed by atoms with Crippen LogP contribution in [0.4, 0.5) is 0 Å². The number of hydrogen-bond donors (Lipinski definition) is 1. The molecular weight excluding hydrogens is 176 g/mol. The molecule has 0 aromatic heterocycles. The molecule has 1 amide bonds. The van der Waals surface area contributed by atoms with Crippen molar-refractivity contribution in [3.05, 3.63) is 0 Å². The summed E-state index contributed by atoms with van der Waals surface area (Å²) in [5, 5.41) is 0. The third kappa shape index (κ3) is 2.28. The van der Waals surface area contributed by atoms with Crippen LogP contribution in [0.5, 0.6) is 0 Å². The molecule has 2 N–H and O–H groups in total. The Morgan fingerprint density at radius 1 is 1.50 bits per heavy atom. The van der Waals surface area contributed by atoms with E-state index in [0.717, 1.165) is 0 Å². The molecule has 1 saturated heterocycles. The van der Waals surface area contributed by atoms with Gasteiger partial charge in [-0.25, -0.2) is 0 Å². The zero-order valence-corrected chi connectivity index (χ0v) is 7.97. The monoisotopic (exact) mass is 190 g/mol. The number of nitrogens with zero attached hydrogens (tertiary/aromatic N) is 1. The Morgan fingerprint density at radius 2 is 2.00 bits per heavy atom. The van der Waals surface area contributed by atoms with Gasteiger partial charge in [0.2, 0.25) is 5.91 Å². The Kier molecular flexibility index (Phi) is 3.22. The van der Waals surface area contributed by atoms with Gasteiger partial charge in [-0.05, 0) is 6.92 Å². The molecule has 0 unspecified atom stereocenters. The largest absolute Gasteiger partial charge is 0.340 e. The Hall–Kier alpha value is -0.420. The van der Waals surface area contributed by atoms with E-state index in [9.17, 15) is 9.00 Å². The van der Waals surface area contributed by atoms with Crippen molar-refractivity contribution in [3.63, 3.8) is 0 Å². The highest BCUT2D eigenvalue weighted by atomic mass is 32.2. The van der Waals surface area contributed by atoms with Crippen molar-refractivity contribution in [3.8, 4) is 0 Å². The van der Waals surface area contributed by atoms with Crippen molar-refractivity contribution in [2.24, 2.45) is 5.73 Å². The molecule has 0 aliphatic carbocycles. The summed E-state index contributed by atoms with van der Waals surface area (Å²) < 4.78 is 10.9. The summed E-state index contributed by atoms with van der Waals surface area (Å²) in [6.45, 7) is 2.86. The van der Waals surface area contributed by atoms with Crippen LogP contribution in [0.25, 0.3) is 0 Å². The molecule has 0 aromatic carbocycles. The smallest absolute Gasteiger partial charge is 0.239 e. The van der Waals surface area contributed by atoms with Crippen molar-refractivity contribution >= 4 is 16.7 Å². The average molecular weight is 190 g/mol. The van der Waals surface area contributed by atoms with E-state index < -0.39 is 16.8 Å². The topological polar surface area (TPSA) is 63.4 Å². The first-order valence-electron chi connectivity index (χ1n) is 4.00. The van der Waals surface area contributed by atoms with Gasteiger partial charge in [0.25, 0.3) is 0 Å². The van der Waals surface area contributed by atoms with Crippen LogP contribution in [0.1, 0.15) is 6.92 Å². The van der Waals surface area contributed by atoms with Crippen molar-refractivity contribution in [1.82, 2.24) is 4.90 Å². The van der Waals surface area contributed by atoms with Gasteiger partial charge in [-0.3, -0.25) is 9.00 Å². The molecule has 1 atom stereocenters. The van der Waals surface area contributed by atoms with Crippen LogP contribution in [0.3, 0.4) is 0 Å². The molecular formula is C7H14N2O2S. The maximum absolute atomic E-state index is 11.3. The van der Waals surface area contributed by atoms with Gasteiger partial charge in [0, 0.05) is 35.4 Å². The van der Waals surface area contributed by atoms with Crippen LogP contribution < -0.4 is 5.73 Å². The average Bonchev–Trinajstić information content (AvgIpc) is 2.04. The summed E-state index contributed by atoms with van der Waals surface area (Å²) in [5.41, 5.74) is 5.43. The fourth-order valence-corrected chi connectivity index (χ4v) is 2.20. The van der Waals surface area contributed by atoms with Gasteiger partial charge in [-0.1, -0.05) is 0 Å². The van der Waals surface area contributed by atoms with Crippen LogP contribution >= 0.6 is 0 Å². The number of carbonyl (C=O) groups is 1. The first-order chi connectivity index (χ1) is 5.61. The number of nitrogens with two attached hydrogens (primary N) is 1. The van der Waals surface area contributed by atoms with Crippen LogP contribution in [0.15, 0.2) is 0 Å². The number of rotatable bonds is 1. The summed E-state index contributed by atoms with van der Waals surface area (Å²) in [7, 11) is -0.725. The van der Waals surface area contributed by atoms with Gasteiger partial charge >= 0.3 is 0 Å².